The molecular weight excluding hydrogens is 360 g/mol. The first-order valence-corrected chi connectivity index (χ1v) is 9.42. The highest BCUT2D eigenvalue weighted by molar-refractivity contribution is 5.83. The van der Waals surface area contributed by atoms with Crippen LogP contribution in [0.2, 0.25) is 0 Å². The summed E-state index contributed by atoms with van der Waals surface area (Å²) in [6.07, 6.45) is 5.49. The molecule has 2 N–H and O–H groups in total. The van der Waals surface area contributed by atoms with Gasteiger partial charge < -0.3 is 15.0 Å². The SMILES string of the molecule is Cc1nc(-c2cccnc2)[nH]c(=O)c1CC(=O)N1C[C@@H]2CCC[C@@]2(C(=O)O)C1. The van der Waals surface area contributed by atoms with Gasteiger partial charge in [-0.05, 0) is 37.8 Å². The number of aromatic nitrogens is 3. The van der Waals surface area contributed by atoms with E-state index < -0.39 is 11.4 Å². The van der Waals surface area contributed by atoms with Crippen LogP contribution in [0.5, 0.6) is 0 Å². The number of rotatable bonds is 4. The van der Waals surface area contributed by atoms with Crippen molar-refractivity contribution in [3.63, 3.8) is 0 Å². The minimum Gasteiger partial charge on any atom is -0.481 e. The van der Waals surface area contributed by atoms with E-state index in [4.69, 9.17) is 0 Å². The van der Waals surface area contributed by atoms with Crippen LogP contribution in [0.3, 0.4) is 0 Å². The number of likely N-dealkylation sites (tertiary alicyclic amines) is 1. The lowest BCUT2D eigenvalue weighted by Gasteiger charge is -2.23. The molecule has 1 aliphatic heterocycles. The van der Waals surface area contributed by atoms with Gasteiger partial charge in [0, 0.05) is 42.3 Å². The van der Waals surface area contributed by atoms with Crippen molar-refractivity contribution >= 4 is 11.9 Å². The maximum atomic E-state index is 12.8. The van der Waals surface area contributed by atoms with Crippen LogP contribution in [-0.4, -0.2) is 49.9 Å². The number of aliphatic carboxylic acids is 1. The lowest BCUT2D eigenvalue weighted by atomic mass is 9.81. The highest BCUT2D eigenvalue weighted by Gasteiger charge is 2.55. The van der Waals surface area contributed by atoms with Gasteiger partial charge in [0.2, 0.25) is 5.91 Å². The smallest absolute Gasteiger partial charge is 0.311 e. The summed E-state index contributed by atoms with van der Waals surface area (Å²) >= 11 is 0. The molecule has 1 aliphatic carbocycles. The lowest BCUT2D eigenvalue weighted by molar-refractivity contribution is -0.149. The molecule has 4 rings (SSSR count). The van der Waals surface area contributed by atoms with Gasteiger partial charge in [0.1, 0.15) is 5.82 Å². The van der Waals surface area contributed by atoms with Crippen molar-refractivity contribution in [3.05, 3.63) is 46.1 Å². The first kappa shape index (κ1) is 18.3. The number of aryl methyl sites for hydroxylation is 1. The van der Waals surface area contributed by atoms with E-state index in [0.717, 1.165) is 12.8 Å². The fourth-order valence-electron chi connectivity index (χ4n) is 4.55. The molecular formula is C20H22N4O4. The zero-order chi connectivity index (χ0) is 19.9. The Balaban J connectivity index is 1.54. The van der Waals surface area contributed by atoms with Crippen molar-refractivity contribution in [2.45, 2.75) is 32.6 Å². The zero-order valence-corrected chi connectivity index (χ0v) is 15.6. The van der Waals surface area contributed by atoms with Crippen LogP contribution >= 0.6 is 0 Å². The van der Waals surface area contributed by atoms with Gasteiger partial charge in [-0.25, -0.2) is 4.98 Å². The van der Waals surface area contributed by atoms with Crippen molar-refractivity contribution in [1.29, 1.82) is 0 Å². The topological polar surface area (TPSA) is 116 Å². The molecule has 1 saturated heterocycles. The average molecular weight is 382 g/mol. The highest BCUT2D eigenvalue weighted by Crippen LogP contribution is 2.48. The first-order valence-electron chi connectivity index (χ1n) is 9.42. The average Bonchev–Trinajstić information content (AvgIpc) is 3.24. The monoisotopic (exact) mass is 382 g/mol. The molecule has 8 nitrogen and oxygen atoms in total. The van der Waals surface area contributed by atoms with E-state index in [1.807, 2.05) is 0 Å². The molecule has 3 heterocycles. The molecule has 2 aliphatic rings. The van der Waals surface area contributed by atoms with Crippen LogP contribution in [0.4, 0.5) is 0 Å². The fourth-order valence-corrected chi connectivity index (χ4v) is 4.55. The molecule has 0 aromatic carbocycles. The number of hydrogen-bond donors (Lipinski definition) is 2. The van der Waals surface area contributed by atoms with Crippen molar-refractivity contribution in [3.8, 4) is 11.4 Å². The molecule has 0 bridgehead atoms. The normalized spacial score (nSPS) is 23.6. The molecule has 2 aromatic rings. The van der Waals surface area contributed by atoms with Crippen molar-refractivity contribution < 1.29 is 14.7 Å². The number of nitrogens with one attached hydrogen (secondary N) is 1. The molecule has 1 amide bonds. The number of carbonyl (C=O) groups excluding carboxylic acids is 1. The zero-order valence-electron chi connectivity index (χ0n) is 15.6. The number of amides is 1. The summed E-state index contributed by atoms with van der Waals surface area (Å²) in [5, 5.41) is 9.68. The van der Waals surface area contributed by atoms with Crippen molar-refractivity contribution in [2.75, 3.05) is 13.1 Å². The second-order valence-electron chi connectivity index (χ2n) is 7.72. The highest BCUT2D eigenvalue weighted by atomic mass is 16.4. The number of hydrogen-bond acceptors (Lipinski definition) is 5. The predicted molar refractivity (Wildman–Crippen MR) is 101 cm³/mol. The van der Waals surface area contributed by atoms with Gasteiger partial charge in [-0.3, -0.25) is 19.4 Å². The third-order valence-electron chi connectivity index (χ3n) is 6.13. The number of carbonyl (C=O) groups is 2. The molecule has 28 heavy (non-hydrogen) atoms. The van der Waals surface area contributed by atoms with Gasteiger partial charge in [-0.2, -0.15) is 0 Å². The van der Waals surface area contributed by atoms with Gasteiger partial charge in [-0.1, -0.05) is 6.42 Å². The second kappa shape index (κ2) is 6.85. The summed E-state index contributed by atoms with van der Waals surface area (Å²) in [5.74, 6) is -0.631. The molecule has 2 atom stereocenters. The number of carboxylic acids is 1. The first-order chi connectivity index (χ1) is 13.4. The Bertz CT molecular complexity index is 987. The maximum Gasteiger partial charge on any atom is 0.311 e. The molecule has 0 spiro atoms. The number of fused-ring (bicyclic) bond motifs is 1. The Morgan fingerprint density at radius 3 is 2.89 bits per heavy atom. The number of nitrogens with zero attached hydrogens (tertiary/aromatic N) is 3. The number of aromatic amines is 1. The lowest BCUT2D eigenvalue weighted by Crippen LogP contribution is -2.38. The molecule has 1 saturated carbocycles. The van der Waals surface area contributed by atoms with E-state index in [0.29, 0.717) is 35.6 Å². The number of carboxylic acid groups (broad SMARTS) is 1. The molecule has 2 fully saturated rings. The summed E-state index contributed by atoms with van der Waals surface area (Å²) in [7, 11) is 0. The summed E-state index contributed by atoms with van der Waals surface area (Å²) < 4.78 is 0. The molecule has 146 valence electrons. The summed E-state index contributed by atoms with van der Waals surface area (Å²) in [6, 6.07) is 3.55. The fraction of sp³-hybridized carbons (Fsp3) is 0.450. The Kier molecular flexibility index (Phi) is 4.49. The summed E-state index contributed by atoms with van der Waals surface area (Å²) in [5.41, 5.74) is 0.324. The van der Waals surface area contributed by atoms with Gasteiger partial charge in [0.15, 0.2) is 0 Å². The van der Waals surface area contributed by atoms with Crippen LogP contribution in [0.25, 0.3) is 11.4 Å². The van der Waals surface area contributed by atoms with Crippen molar-refractivity contribution in [2.24, 2.45) is 11.3 Å². The van der Waals surface area contributed by atoms with E-state index in [1.165, 1.54) is 0 Å². The quantitative estimate of drug-likeness (QED) is 0.826. The third kappa shape index (κ3) is 2.98. The van der Waals surface area contributed by atoms with Crippen LogP contribution in [-0.2, 0) is 16.0 Å². The van der Waals surface area contributed by atoms with Crippen LogP contribution in [0.15, 0.2) is 29.3 Å². The van der Waals surface area contributed by atoms with Gasteiger partial charge in [-0.15, -0.1) is 0 Å². The largest absolute Gasteiger partial charge is 0.481 e. The van der Waals surface area contributed by atoms with Crippen LogP contribution in [0.1, 0.15) is 30.5 Å². The molecule has 0 radical (unpaired) electrons. The molecule has 8 heteroatoms. The third-order valence-corrected chi connectivity index (χ3v) is 6.13. The van der Waals surface area contributed by atoms with E-state index in [2.05, 4.69) is 15.0 Å². The number of H-pyrrole nitrogens is 1. The minimum absolute atomic E-state index is 0.000544. The number of pyridine rings is 1. The van der Waals surface area contributed by atoms with Gasteiger partial charge in [0.05, 0.1) is 11.8 Å². The predicted octanol–water partition coefficient (Wildman–Crippen LogP) is 1.40. The molecule has 0 unspecified atom stereocenters. The Hall–Kier alpha value is -3.03. The Morgan fingerprint density at radius 2 is 2.25 bits per heavy atom. The Labute approximate surface area is 161 Å². The van der Waals surface area contributed by atoms with Gasteiger partial charge in [0.25, 0.3) is 5.56 Å². The molecule has 2 aromatic heterocycles. The Morgan fingerprint density at radius 1 is 1.43 bits per heavy atom. The van der Waals surface area contributed by atoms with E-state index >= 15 is 0 Å². The minimum atomic E-state index is -0.820. The maximum absolute atomic E-state index is 12.8. The van der Waals surface area contributed by atoms with E-state index in [-0.39, 0.29) is 30.3 Å². The standard InChI is InChI=1S/C20H22N4O4/c1-12-15(18(26)23-17(22-12)13-4-3-7-21-9-13)8-16(25)24-10-14-5-2-6-20(14,11-24)19(27)28/h3-4,7,9,14H,2,5-6,8,10-11H2,1H3,(H,27,28)(H,22,23,26)/t14-,20+/m0/s1. The van der Waals surface area contributed by atoms with Crippen LogP contribution < -0.4 is 5.56 Å². The second-order valence-corrected chi connectivity index (χ2v) is 7.72. The van der Waals surface area contributed by atoms with E-state index in [1.54, 1.807) is 36.4 Å². The van der Waals surface area contributed by atoms with E-state index in [9.17, 15) is 19.5 Å². The summed E-state index contributed by atoms with van der Waals surface area (Å²) in [4.78, 5) is 50.0. The van der Waals surface area contributed by atoms with Crippen molar-refractivity contribution in [1.82, 2.24) is 19.9 Å². The summed E-state index contributed by atoms with van der Waals surface area (Å²) in [6.45, 7) is 2.38. The van der Waals surface area contributed by atoms with Crippen LogP contribution in [0, 0.1) is 18.3 Å². The van der Waals surface area contributed by atoms with Gasteiger partial charge >= 0.3 is 5.97 Å².